The van der Waals surface area contributed by atoms with Gasteiger partial charge in [0.25, 0.3) is 5.91 Å². The van der Waals surface area contributed by atoms with E-state index in [0.717, 1.165) is 27.7 Å². The molecule has 2 amide bonds. The van der Waals surface area contributed by atoms with E-state index in [2.05, 4.69) is 23.5 Å². The molecule has 6 heteroatoms. The number of rotatable bonds is 3. The van der Waals surface area contributed by atoms with Crippen LogP contribution in [-0.4, -0.2) is 37.2 Å². The molecular formula is C26H29N3O3. The number of likely N-dealkylation sites (N-methyl/N-ethyl adjacent to an activating group) is 1. The zero-order valence-corrected chi connectivity index (χ0v) is 19.0. The number of nitrogens with zero attached hydrogens (tertiary/aromatic N) is 2. The SMILES string of the molecule is CN1CC(NC(=O)OC(C)(C)C)C(=O)N(Cc2cccc3ccccc23)c2ccccc21. The maximum absolute atomic E-state index is 13.7. The van der Waals surface area contributed by atoms with Crippen LogP contribution in [0.25, 0.3) is 10.8 Å². The van der Waals surface area contributed by atoms with Gasteiger partial charge in [0.15, 0.2) is 0 Å². The molecule has 0 saturated heterocycles. The predicted molar refractivity (Wildman–Crippen MR) is 128 cm³/mol. The number of amides is 2. The first-order valence-corrected chi connectivity index (χ1v) is 10.8. The summed E-state index contributed by atoms with van der Waals surface area (Å²) in [5.74, 6) is -0.166. The number of anilines is 2. The molecule has 1 N–H and O–H groups in total. The molecule has 1 aliphatic rings. The highest BCUT2D eigenvalue weighted by Crippen LogP contribution is 2.34. The quantitative estimate of drug-likeness (QED) is 0.652. The van der Waals surface area contributed by atoms with Crippen LogP contribution in [0.4, 0.5) is 16.2 Å². The van der Waals surface area contributed by atoms with E-state index in [1.165, 1.54) is 0 Å². The number of carbonyl (C=O) groups is 2. The number of hydrogen-bond donors (Lipinski definition) is 1. The third-order valence-electron chi connectivity index (χ3n) is 5.50. The van der Waals surface area contributed by atoms with Crippen molar-refractivity contribution in [2.24, 2.45) is 0 Å². The molecule has 0 bridgehead atoms. The lowest BCUT2D eigenvalue weighted by atomic mass is 10.0. The largest absolute Gasteiger partial charge is 0.444 e. The van der Waals surface area contributed by atoms with Gasteiger partial charge in [0.05, 0.1) is 17.9 Å². The average molecular weight is 432 g/mol. The number of para-hydroxylation sites is 2. The van der Waals surface area contributed by atoms with Crippen molar-refractivity contribution in [3.05, 3.63) is 72.3 Å². The van der Waals surface area contributed by atoms with Gasteiger partial charge in [-0.1, -0.05) is 54.6 Å². The maximum atomic E-state index is 13.7. The number of alkyl carbamates (subject to hydrolysis) is 1. The van der Waals surface area contributed by atoms with E-state index >= 15 is 0 Å². The summed E-state index contributed by atoms with van der Waals surface area (Å²) in [5, 5.41) is 5.02. The van der Waals surface area contributed by atoms with E-state index in [1.54, 1.807) is 25.7 Å². The van der Waals surface area contributed by atoms with Crippen LogP contribution < -0.4 is 15.1 Å². The van der Waals surface area contributed by atoms with Crippen LogP contribution in [0.2, 0.25) is 0 Å². The van der Waals surface area contributed by atoms with Crippen LogP contribution >= 0.6 is 0 Å². The van der Waals surface area contributed by atoms with Crippen molar-refractivity contribution in [2.45, 2.75) is 39.0 Å². The Morgan fingerprint density at radius 2 is 1.66 bits per heavy atom. The lowest BCUT2D eigenvalue weighted by molar-refractivity contribution is -0.120. The Balaban J connectivity index is 1.71. The number of fused-ring (bicyclic) bond motifs is 2. The second-order valence-electron chi connectivity index (χ2n) is 9.13. The van der Waals surface area contributed by atoms with Gasteiger partial charge in [-0.2, -0.15) is 0 Å². The molecular weight excluding hydrogens is 402 g/mol. The Labute approximate surface area is 188 Å². The minimum atomic E-state index is -0.739. The van der Waals surface area contributed by atoms with Crippen molar-refractivity contribution in [3.63, 3.8) is 0 Å². The Bertz CT molecular complexity index is 1150. The van der Waals surface area contributed by atoms with E-state index in [0.29, 0.717) is 13.1 Å². The van der Waals surface area contributed by atoms with Gasteiger partial charge in [-0.25, -0.2) is 4.79 Å². The highest BCUT2D eigenvalue weighted by atomic mass is 16.6. The lowest BCUT2D eigenvalue weighted by Crippen LogP contribution is -2.52. The van der Waals surface area contributed by atoms with E-state index in [-0.39, 0.29) is 5.91 Å². The molecule has 1 unspecified atom stereocenters. The van der Waals surface area contributed by atoms with E-state index in [9.17, 15) is 9.59 Å². The van der Waals surface area contributed by atoms with Gasteiger partial charge in [0.2, 0.25) is 0 Å². The van der Waals surface area contributed by atoms with Crippen molar-refractivity contribution in [2.75, 3.05) is 23.4 Å². The van der Waals surface area contributed by atoms with Crippen LogP contribution in [0, 0.1) is 0 Å². The van der Waals surface area contributed by atoms with Gasteiger partial charge in [0, 0.05) is 13.6 Å². The summed E-state index contributed by atoms with van der Waals surface area (Å²) in [4.78, 5) is 30.0. The fraction of sp³-hybridized carbons (Fsp3) is 0.308. The molecule has 0 saturated carbocycles. The highest BCUT2D eigenvalue weighted by Gasteiger charge is 2.34. The van der Waals surface area contributed by atoms with Crippen LogP contribution in [0.15, 0.2) is 66.7 Å². The van der Waals surface area contributed by atoms with Gasteiger partial charge in [-0.15, -0.1) is 0 Å². The lowest BCUT2D eigenvalue weighted by Gasteiger charge is -2.27. The fourth-order valence-corrected chi connectivity index (χ4v) is 4.09. The summed E-state index contributed by atoms with van der Waals surface area (Å²) in [7, 11) is 1.93. The van der Waals surface area contributed by atoms with Gasteiger partial charge < -0.3 is 19.9 Å². The van der Waals surface area contributed by atoms with Gasteiger partial charge in [-0.05, 0) is 49.2 Å². The molecule has 1 heterocycles. The molecule has 0 aromatic heterocycles. The summed E-state index contributed by atoms with van der Waals surface area (Å²) in [6.07, 6.45) is -0.597. The first kappa shape index (κ1) is 21.7. The number of hydrogen-bond acceptors (Lipinski definition) is 4. The summed E-state index contributed by atoms with van der Waals surface area (Å²) in [5.41, 5.74) is 2.16. The van der Waals surface area contributed by atoms with Crippen molar-refractivity contribution >= 4 is 34.1 Å². The van der Waals surface area contributed by atoms with Crippen LogP contribution in [0.5, 0.6) is 0 Å². The van der Waals surface area contributed by atoms with Gasteiger partial charge in [-0.3, -0.25) is 4.79 Å². The van der Waals surface area contributed by atoms with Crippen LogP contribution in [0.1, 0.15) is 26.3 Å². The summed E-state index contributed by atoms with van der Waals surface area (Å²) < 4.78 is 5.41. The third-order valence-corrected chi connectivity index (χ3v) is 5.50. The predicted octanol–water partition coefficient (Wildman–Crippen LogP) is 4.72. The van der Waals surface area contributed by atoms with E-state index in [4.69, 9.17) is 4.74 Å². The van der Waals surface area contributed by atoms with E-state index in [1.807, 2.05) is 60.5 Å². The Hall–Kier alpha value is -3.54. The molecule has 166 valence electrons. The first-order chi connectivity index (χ1) is 15.2. The minimum Gasteiger partial charge on any atom is -0.444 e. The van der Waals surface area contributed by atoms with Crippen molar-refractivity contribution < 1.29 is 14.3 Å². The monoisotopic (exact) mass is 431 g/mol. The molecule has 6 nitrogen and oxygen atoms in total. The minimum absolute atomic E-state index is 0.166. The first-order valence-electron chi connectivity index (χ1n) is 10.8. The van der Waals surface area contributed by atoms with Crippen LogP contribution in [0.3, 0.4) is 0 Å². The Morgan fingerprint density at radius 3 is 2.41 bits per heavy atom. The number of ether oxygens (including phenoxy) is 1. The second-order valence-corrected chi connectivity index (χ2v) is 9.13. The molecule has 32 heavy (non-hydrogen) atoms. The highest BCUT2D eigenvalue weighted by molar-refractivity contribution is 6.03. The van der Waals surface area contributed by atoms with Gasteiger partial charge >= 0.3 is 6.09 Å². The maximum Gasteiger partial charge on any atom is 0.408 e. The van der Waals surface area contributed by atoms with E-state index < -0.39 is 17.7 Å². The normalized spacial score (nSPS) is 16.5. The molecule has 1 atom stereocenters. The van der Waals surface area contributed by atoms with Crippen molar-refractivity contribution in [1.82, 2.24) is 5.32 Å². The summed E-state index contributed by atoms with van der Waals surface area (Å²) in [6, 6.07) is 21.4. The molecule has 1 aliphatic heterocycles. The molecule has 0 fully saturated rings. The van der Waals surface area contributed by atoms with Crippen LogP contribution in [-0.2, 0) is 16.1 Å². The Morgan fingerprint density at radius 1 is 1.00 bits per heavy atom. The zero-order valence-electron chi connectivity index (χ0n) is 19.0. The summed E-state index contributed by atoms with van der Waals surface area (Å²) >= 11 is 0. The van der Waals surface area contributed by atoms with Crippen molar-refractivity contribution in [3.8, 4) is 0 Å². The second kappa shape index (κ2) is 8.54. The molecule has 0 spiro atoms. The Kier molecular flexibility index (Phi) is 5.78. The molecule has 4 rings (SSSR count). The molecule has 3 aromatic carbocycles. The number of benzene rings is 3. The smallest absolute Gasteiger partial charge is 0.408 e. The van der Waals surface area contributed by atoms with Gasteiger partial charge in [0.1, 0.15) is 11.6 Å². The number of carbonyl (C=O) groups excluding carboxylic acids is 2. The topological polar surface area (TPSA) is 61.9 Å². The molecule has 0 radical (unpaired) electrons. The number of nitrogens with one attached hydrogen (secondary N) is 1. The van der Waals surface area contributed by atoms with Crippen molar-refractivity contribution in [1.29, 1.82) is 0 Å². The fourth-order valence-electron chi connectivity index (χ4n) is 4.09. The summed E-state index contributed by atoms with van der Waals surface area (Å²) in [6.45, 7) is 6.15. The molecule has 3 aromatic rings. The standard InChI is InChI=1S/C26H29N3O3/c1-26(2,3)32-25(31)27-21-17-28(4)22-14-7-8-15-23(22)29(24(21)30)16-19-12-9-11-18-10-5-6-13-20(18)19/h5-15,21H,16-17H2,1-4H3,(H,27,31). The third kappa shape index (κ3) is 4.54. The molecule has 0 aliphatic carbocycles. The zero-order chi connectivity index (χ0) is 22.9. The average Bonchev–Trinajstić information content (AvgIpc) is 2.83.